The highest BCUT2D eigenvalue weighted by molar-refractivity contribution is 5.94. The Hall–Kier alpha value is -3.49. The van der Waals surface area contributed by atoms with Gasteiger partial charge in [0.25, 0.3) is 5.91 Å². The van der Waals surface area contributed by atoms with Crippen LogP contribution in [0.25, 0.3) is 0 Å². The zero-order valence-corrected chi connectivity index (χ0v) is 19.3. The van der Waals surface area contributed by atoms with E-state index in [4.69, 9.17) is 0 Å². The minimum Gasteiger partial charge on any atom is -0.338 e. The predicted molar refractivity (Wildman–Crippen MR) is 121 cm³/mol. The van der Waals surface area contributed by atoms with Crippen LogP contribution in [0.5, 0.6) is 0 Å². The molecule has 3 aromatic rings. The average molecular weight is 448 g/mol. The molecule has 5 heterocycles. The summed E-state index contributed by atoms with van der Waals surface area (Å²) in [7, 11) is 1.79. The second kappa shape index (κ2) is 8.13. The van der Waals surface area contributed by atoms with E-state index in [0.717, 1.165) is 11.3 Å². The van der Waals surface area contributed by atoms with Crippen molar-refractivity contribution in [1.82, 2.24) is 34.1 Å². The van der Waals surface area contributed by atoms with Crippen LogP contribution in [0.2, 0.25) is 0 Å². The van der Waals surface area contributed by atoms with Gasteiger partial charge in [-0.25, -0.2) is 4.98 Å². The number of nitrogens with zero attached hydrogens (tertiary/aromatic N) is 7. The molecule has 0 saturated carbocycles. The highest BCUT2D eigenvalue weighted by Gasteiger charge is 2.58. The molecule has 1 spiro atoms. The Morgan fingerprint density at radius 2 is 2.03 bits per heavy atom. The predicted octanol–water partition coefficient (Wildman–Crippen LogP) is 2.25. The molecule has 0 aromatic carbocycles. The zero-order chi connectivity index (χ0) is 23.2. The zero-order valence-electron chi connectivity index (χ0n) is 19.3. The molecule has 2 aliphatic rings. The molecule has 9 nitrogen and oxygen atoms in total. The maximum absolute atomic E-state index is 13.9. The first-order valence-electron chi connectivity index (χ1n) is 11.4. The van der Waals surface area contributed by atoms with Gasteiger partial charge >= 0.3 is 0 Å². The molecule has 2 saturated heterocycles. The molecule has 2 fully saturated rings. The third-order valence-electron chi connectivity index (χ3n) is 7.00. The van der Waals surface area contributed by atoms with Crippen LogP contribution in [0.3, 0.4) is 0 Å². The number of aryl methyl sites for hydroxylation is 1. The van der Waals surface area contributed by atoms with E-state index in [1.807, 2.05) is 29.6 Å². The number of hydrogen-bond donors (Lipinski definition) is 0. The van der Waals surface area contributed by atoms with Gasteiger partial charge in [-0.1, -0.05) is 0 Å². The first-order chi connectivity index (χ1) is 15.9. The summed E-state index contributed by atoms with van der Waals surface area (Å²) in [5, 5.41) is 4.29. The molecule has 0 aliphatic carbocycles. The van der Waals surface area contributed by atoms with Crippen LogP contribution in [-0.2, 0) is 18.4 Å². The largest absolute Gasteiger partial charge is 0.338 e. The second-order valence-corrected chi connectivity index (χ2v) is 9.44. The van der Waals surface area contributed by atoms with Crippen molar-refractivity contribution in [3.05, 3.63) is 66.3 Å². The van der Waals surface area contributed by atoms with Gasteiger partial charge in [-0.3, -0.25) is 19.3 Å². The summed E-state index contributed by atoms with van der Waals surface area (Å²) >= 11 is 0. The van der Waals surface area contributed by atoms with Gasteiger partial charge in [0.15, 0.2) is 0 Å². The van der Waals surface area contributed by atoms with Gasteiger partial charge in [-0.2, -0.15) is 5.10 Å². The van der Waals surface area contributed by atoms with Crippen LogP contribution in [0.4, 0.5) is 0 Å². The fourth-order valence-corrected chi connectivity index (χ4v) is 5.14. The fraction of sp³-hybridized carbons (Fsp3) is 0.458. The smallest absolute Gasteiger partial charge is 0.274 e. The molecular formula is C24H29N7O2. The quantitative estimate of drug-likeness (QED) is 0.599. The molecule has 9 heteroatoms. The molecule has 2 atom stereocenters. The standard InChI is InChI=1S/C24H29N7O2/c1-17(2)31-14-21(26-16-31)19-13-30(22(32)20-6-10-28(3)27-20)15-24(19)7-11-29(23(24)33)12-18-4-8-25-9-5-18/h4-6,8-10,14,16-17,19H,7,11-13,15H2,1-3H3. The van der Waals surface area contributed by atoms with Crippen LogP contribution >= 0.6 is 0 Å². The molecule has 3 aromatic heterocycles. The van der Waals surface area contributed by atoms with E-state index in [1.165, 1.54) is 0 Å². The first-order valence-corrected chi connectivity index (χ1v) is 11.4. The molecule has 0 N–H and O–H groups in total. The number of amides is 2. The second-order valence-electron chi connectivity index (χ2n) is 9.44. The molecule has 2 unspecified atom stereocenters. The van der Waals surface area contributed by atoms with Crippen LogP contribution in [-0.4, -0.2) is 65.6 Å². The lowest BCUT2D eigenvalue weighted by molar-refractivity contribution is -0.136. The maximum atomic E-state index is 13.9. The number of imidazole rings is 1. The minimum atomic E-state index is -0.673. The van der Waals surface area contributed by atoms with Gasteiger partial charge in [0.2, 0.25) is 5.91 Å². The van der Waals surface area contributed by atoms with Crippen molar-refractivity contribution < 1.29 is 9.59 Å². The Balaban J connectivity index is 1.47. The summed E-state index contributed by atoms with van der Waals surface area (Å²) in [6, 6.07) is 5.87. The van der Waals surface area contributed by atoms with Crippen molar-refractivity contribution in [3.63, 3.8) is 0 Å². The fourth-order valence-electron chi connectivity index (χ4n) is 5.14. The van der Waals surface area contributed by atoms with Gasteiger partial charge in [0.1, 0.15) is 5.69 Å². The number of carbonyl (C=O) groups is 2. The van der Waals surface area contributed by atoms with E-state index in [1.54, 1.807) is 41.3 Å². The topological polar surface area (TPSA) is 89.2 Å². The highest BCUT2D eigenvalue weighted by atomic mass is 16.2. The summed E-state index contributed by atoms with van der Waals surface area (Å²) in [6.45, 7) is 6.25. The van der Waals surface area contributed by atoms with Crippen molar-refractivity contribution >= 4 is 11.8 Å². The van der Waals surface area contributed by atoms with E-state index in [2.05, 4.69) is 33.5 Å². The lowest BCUT2D eigenvalue weighted by Gasteiger charge is -2.27. The highest BCUT2D eigenvalue weighted by Crippen LogP contribution is 2.50. The Bertz CT molecular complexity index is 1170. The molecule has 5 rings (SSSR count). The molecule has 0 radical (unpaired) electrons. The third kappa shape index (κ3) is 3.71. The Morgan fingerprint density at radius 3 is 2.70 bits per heavy atom. The van der Waals surface area contributed by atoms with Crippen LogP contribution in [0.1, 0.15) is 54.0 Å². The Kier molecular flexibility index (Phi) is 5.26. The van der Waals surface area contributed by atoms with E-state index in [0.29, 0.717) is 38.3 Å². The molecule has 172 valence electrons. The van der Waals surface area contributed by atoms with Crippen molar-refractivity contribution in [2.24, 2.45) is 12.5 Å². The first kappa shape index (κ1) is 21.4. The molecule has 2 aliphatic heterocycles. The molecule has 33 heavy (non-hydrogen) atoms. The van der Waals surface area contributed by atoms with Gasteiger partial charge in [0.05, 0.1) is 17.4 Å². The normalized spacial score (nSPS) is 22.8. The average Bonchev–Trinajstić information content (AvgIpc) is 3.58. The number of carbonyl (C=O) groups excluding carboxylic acids is 2. The maximum Gasteiger partial charge on any atom is 0.274 e. The summed E-state index contributed by atoms with van der Waals surface area (Å²) in [5.74, 6) is -0.194. The monoisotopic (exact) mass is 447 g/mol. The Labute approximate surface area is 193 Å². The molecule has 2 amide bonds. The van der Waals surface area contributed by atoms with Gasteiger partial charge in [-0.05, 0) is 44.0 Å². The number of likely N-dealkylation sites (tertiary alicyclic amines) is 2. The summed E-state index contributed by atoms with van der Waals surface area (Å²) in [5.41, 5.74) is 1.66. The van der Waals surface area contributed by atoms with Crippen molar-refractivity contribution in [2.45, 2.75) is 38.8 Å². The van der Waals surface area contributed by atoms with Gasteiger partial charge in [0, 0.05) is 70.0 Å². The Morgan fingerprint density at radius 1 is 1.24 bits per heavy atom. The molecule has 0 bridgehead atoms. The van der Waals surface area contributed by atoms with Crippen molar-refractivity contribution in [3.8, 4) is 0 Å². The van der Waals surface area contributed by atoms with Crippen molar-refractivity contribution in [1.29, 1.82) is 0 Å². The number of rotatable bonds is 5. The number of aromatic nitrogens is 5. The van der Waals surface area contributed by atoms with Crippen LogP contribution in [0, 0.1) is 5.41 Å². The van der Waals surface area contributed by atoms with E-state index >= 15 is 0 Å². The number of pyridine rings is 1. The molecular weight excluding hydrogens is 418 g/mol. The summed E-state index contributed by atoms with van der Waals surface area (Å²) in [6.07, 6.45) is 9.81. The van der Waals surface area contributed by atoms with Crippen LogP contribution in [0.15, 0.2) is 49.3 Å². The SMILES string of the molecule is CC(C)n1cnc(C2CN(C(=O)c3ccn(C)n3)CC23CCN(Cc2ccncc2)C3=O)c1. The van der Waals surface area contributed by atoms with Gasteiger partial charge < -0.3 is 14.4 Å². The van der Waals surface area contributed by atoms with Gasteiger partial charge in [-0.15, -0.1) is 0 Å². The van der Waals surface area contributed by atoms with E-state index < -0.39 is 5.41 Å². The van der Waals surface area contributed by atoms with E-state index in [-0.39, 0.29) is 23.8 Å². The minimum absolute atomic E-state index is 0.0970. The number of hydrogen-bond acceptors (Lipinski definition) is 5. The van der Waals surface area contributed by atoms with E-state index in [9.17, 15) is 9.59 Å². The van der Waals surface area contributed by atoms with Crippen LogP contribution < -0.4 is 0 Å². The third-order valence-corrected chi connectivity index (χ3v) is 7.00. The summed E-state index contributed by atoms with van der Waals surface area (Å²) < 4.78 is 3.68. The van der Waals surface area contributed by atoms with Crippen molar-refractivity contribution in [2.75, 3.05) is 19.6 Å². The lowest BCUT2D eigenvalue weighted by atomic mass is 9.75. The summed E-state index contributed by atoms with van der Waals surface area (Å²) in [4.78, 5) is 39.6. The lowest BCUT2D eigenvalue weighted by Crippen LogP contribution is -2.40.